The van der Waals surface area contributed by atoms with Crippen LogP contribution < -0.4 is 4.74 Å². The molecule has 1 unspecified atom stereocenters. The van der Waals surface area contributed by atoms with E-state index in [1.165, 1.54) is 7.11 Å². The van der Waals surface area contributed by atoms with Crippen molar-refractivity contribution in [2.75, 3.05) is 20.8 Å². The van der Waals surface area contributed by atoms with Crippen LogP contribution in [0.2, 0.25) is 18.1 Å². The van der Waals surface area contributed by atoms with E-state index < -0.39 is 45.0 Å². The minimum Gasteiger partial charge on any atom is -0.497 e. The number of aliphatic hydroxyl groups excluding tert-OH is 1. The molecule has 0 saturated carbocycles. The standard InChI is InChI=1S/C24H39F3O6Si/c1-23(2,3)34(6,7)33-20(24(25,26)27)13-12-18-21(30-5)22(19(14-28)32-18)31-15-16-8-10-17(29-4)11-9-16/h8-11,18-22,28H,12-15H2,1-7H3/t18-,19+,20?,21+,22+/m1/s1. The van der Waals surface area contributed by atoms with Crippen molar-refractivity contribution in [2.45, 2.75) is 95.0 Å². The van der Waals surface area contributed by atoms with Crippen LogP contribution in [0, 0.1) is 0 Å². The number of aliphatic hydroxyl groups is 1. The highest BCUT2D eigenvalue weighted by molar-refractivity contribution is 6.74. The van der Waals surface area contributed by atoms with Crippen LogP contribution in [0.15, 0.2) is 24.3 Å². The average Bonchev–Trinajstić information content (AvgIpc) is 3.10. The second-order valence-electron chi connectivity index (χ2n) is 10.2. The van der Waals surface area contributed by atoms with Crippen LogP contribution in [-0.4, -0.2) is 70.9 Å². The largest absolute Gasteiger partial charge is 0.497 e. The van der Waals surface area contributed by atoms with Crippen LogP contribution in [0.5, 0.6) is 5.75 Å². The molecule has 1 saturated heterocycles. The van der Waals surface area contributed by atoms with Gasteiger partial charge in [0.05, 0.1) is 26.4 Å². The highest BCUT2D eigenvalue weighted by Crippen LogP contribution is 2.41. The van der Waals surface area contributed by atoms with Gasteiger partial charge in [0.2, 0.25) is 0 Å². The maximum absolute atomic E-state index is 13.8. The highest BCUT2D eigenvalue weighted by Gasteiger charge is 2.50. The fraction of sp³-hybridized carbons (Fsp3) is 0.750. The Hall–Kier alpha value is -1.17. The van der Waals surface area contributed by atoms with Crippen molar-refractivity contribution in [1.29, 1.82) is 0 Å². The van der Waals surface area contributed by atoms with Crippen molar-refractivity contribution >= 4 is 8.32 Å². The van der Waals surface area contributed by atoms with Gasteiger partial charge in [-0.05, 0) is 48.7 Å². The average molecular weight is 509 g/mol. The highest BCUT2D eigenvalue weighted by atomic mass is 28.4. The molecule has 10 heteroatoms. The van der Waals surface area contributed by atoms with E-state index in [1.54, 1.807) is 20.2 Å². The quantitative estimate of drug-likeness (QED) is 0.420. The van der Waals surface area contributed by atoms with Crippen molar-refractivity contribution in [2.24, 2.45) is 0 Å². The number of benzene rings is 1. The maximum Gasteiger partial charge on any atom is 0.413 e. The molecule has 196 valence electrons. The number of halogens is 3. The summed E-state index contributed by atoms with van der Waals surface area (Å²) in [6.45, 7) is 9.24. The summed E-state index contributed by atoms with van der Waals surface area (Å²) in [5.74, 6) is 0.718. The van der Waals surface area contributed by atoms with Crippen molar-refractivity contribution in [3.8, 4) is 5.75 Å². The minimum atomic E-state index is -4.49. The van der Waals surface area contributed by atoms with Gasteiger partial charge in [-0.2, -0.15) is 13.2 Å². The van der Waals surface area contributed by atoms with Gasteiger partial charge < -0.3 is 28.5 Å². The van der Waals surface area contributed by atoms with Gasteiger partial charge in [-0.1, -0.05) is 32.9 Å². The Morgan fingerprint density at radius 1 is 1.03 bits per heavy atom. The van der Waals surface area contributed by atoms with Gasteiger partial charge in [0, 0.05) is 7.11 Å². The third kappa shape index (κ3) is 7.41. The van der Waals surface area contributed by atoms with Gasteiger partial charge in [0.15, 0.2) is 8.32 Å². The molecule has 0 aliphatic carbocycles. The van der Waals surface area contributed by atoms with E-state index in [0.717, 1.165) is 11.3 Å². The van der Waals surface area contributed by atoms with E-state index in [-0.39, 0.29) is 31.1 Å². The Balaban J connectivity index is 2.07. The zero-order chi connectivity index (χ0) is 25.7. The molecule has 1 aromatic rings. The van der Waals surface area contributed by atoms with Gasteiger partial charge in [-0.15, -0.1) is 0 Å². The summed E-state index contributed by atoms with van der Waals surface area (Å²) >= 11 is 0. The lowest BCUT2D eigenvalue weighted by atomic mass is 10.0. The van der Waals surface area contributed by atoms with Gasteiger partial charge in [0.1, 0.15) is 30.2 Å². The third-order valence-electron chi connectivity index (χ3n) is 6.78. The van der Waals surface area contributed by atoms with Crippen molar-refractivity contribution in [1.82, 2.24) is 0 Å². The van der Waals surface area contributed by atoms with Crippen LogP contribution >= 0.6 is 0 Å². The Kier molecular flexibility index (Phi) is 10.0. The van der Waals surface area contributed by atoms with Crippen molar-refractivity contribution in [3.63, 3.8) is 0 Å². The Bertz CT molecular complexity index is 751. The summed E-state index contributed by atoms with van der Waals surface area (Å²) in [4.78, 5) is 0. The molecule has 0 spiro atoms. The number of ether oxygens (including phenoxy) is 4. The molecule has 1 aliphatic heterocycles. The van der Waals surface area contributed by atoms with Crippen molar-refractivity contribution in [3.05, 3.63) is 29.8 Å². The zero-order valence-electron chi connectivity index (χ0n) is 21.1. The number of methoxy groups -OCH3 is 2. The summed E-state index contributed by atoms with van der Waals surface area (Å²) in [6, 6.07) is 7.33. The Morgan fingerprint density at radius 3 is 2.12 bits per heavy atom. The van der Waals surface area contributed by atoms with Gasteiger partial charge in [0.25, 0.3) is 0 Å². The molecular weight excluding hydrogens is 469 g/mol. The number of hydrogen-bond acceptors (Lipinski definition) is 6. The van der Waals surface area contributed by atoms with E-state index >= 15 is 0 Å². The first-order chi connectivity index (χ1) is 15.7. The normalized spacial score (nSPS) is 24.9. The second-order valence-corrected chi connectivity index (χ2v) is 15.0. The summed E-state index contributed by atoms with van der Waals surface area (Å²) in [5.41, 5.74) is 0.885. The Labute approximate surface area is 201 Å². The SMILES string of the molecule is COc1ccc(CO[C@@H]2[C@@H](OC)[C@@H](CCC(O[Si](C)(C)C(C)(C)C)C(F)(F)F)O[C@H]2CO)cc1. The minimum absolute atomic E-state index is 0.0657. The van der Waals surface area contributed by atoms with E-state index in [1.807, 2.05) is 45.0 Å². The monoisotopic (exact) mass is 508 g/mol. The fourth-order valence-corrected chi connectivity index (χ4v) is 5.04. The first kappa shape index (κ1) is 29.1. The number of hydrogen-bond donors (Lipinski definition) is 1. The van der Waals surface area contributed by atoms with Crippen molar-refractivity contribution < 1.29 is 41.7 Å². The number of rotatable bonds is 11. The third-order valence-corrected chi connectivity index (χ3v) is 11.3. The van der Waals surface area contributed by atoms with Crippen LogP contribution in [0.1, 0.15) is 39.2 Å². The van der Waals surface area contributed by atoms with Crippen LogP contribution in [0.4, 0.5) is 13.2 Å². The molecule has 1 heterocycles. The lowest BCUT2D eigenvalue weighted by Gasteiger charge is -2.40. The van der Waals surface area contributed by atoms with Crippen LogP contribution in [-0.2, 0) is 25.2 Å². The van der Waals surface area contributed by atoms with E-state index in [2.05, 4.69) is 0 Å². The smallest absolute Gasteiger partial charge is 0.413 e. The lowest BCUT2D eigenvalue weighted by molar-refractivity contribution is -0.202. The molecule has 0 radical (unpaired) electrons. The molecule has 0 amide bonds. The molecule has 1 N–H and O–H groups in total. The topological polar surface area (TPSA) is 66.4 Å². The fourth-order valence-electron chi connectivity index (χ4n) is 3.72. The maximum atomic E-state index is 13.8. The van der Waals surface area contributed by atoms with Crippen LogP contribution in [0.25, 0.3) is 0 Å². The molecule has 34 heavy (non-hydrogen) atoms. The first-order valence-electron chi connectivity index (χ1n) is 11.5. The van der Waals surface area contributed by atoms with E-state index in [9.17, 15) is 18.3 Å². The van der Waals surface area contributed by atoms with Crippen LogP contribution in [0.3, 0.4) is 0 Å². The Morgan fingerprint density at radius 2 is 1.65 bits per heavy atom. The number of alkyl halides is 3. The van der Waals surface area contributed by atoms with Gasteiger partial charge in [-0.25, -0.2) is 0 Å². The molecule has 1 aliphatic rings. The summed E-state index contributed by atoms with van der Waals surface area (Å²) in [6.07, 6.45) is -9.15. The molecule has 1 aromatic carbocycles. The zero-order valence-corrected chi connectivity index (χ0v) is 22.1. The molecule has 6 nitrogen and oxygen atoms in total. The van der Waals surface area contributed by atoms with Gasteiger partial charge >= 0.3 is 6.18 Å². The molecule has 1 fully saturated rings. The molecule has 2 rings (SSSR count). The summed E-state index contributed by atoms with van der Waals surface area (Å²) in [5, 5.41) is 9.46. The summed E-state index contributed by atoms with van der Waals surface area (Å²) < 4.78 is 69.8. The molecular formula is C24H39F3O6Si. The van der Waals surface area contributed by atoms with E-state index in [4.69, 9.17) is 23.4 Å². The molecule has 0 aromatic heterocycles. The predicted octanol–water partition coefficient (Wildman–Crippen LogP) is 5.09. The van der Waals surface area contributed by atoms with E-state index in [0.29, 0.717) is 0 Å². The lowest BCUT2D eigenvalue weighted by Crippen LogP contribution is -2.48. The van der Waals surface area contributed by atoms with Gasteiger partial charge in [-0.3, -0.25) is 0 Å². The molecule has 0 bridgehead atoms. The molecule has 5 atom stereocenters. The second kappa shape index (κ2) is 11.7. The predicted molar refractivity (Wildman–Crippen MR) is 125 cm³/mol. The summed E-state index contributed by atoms with van der Waals surface area (Å²) in [7, 11) is 0.414. The first-order valence-corrected chi connectivity index (χ1v) is 14.4.